The Morgan fingerprint density at radius 2 is 1.79 bits per heavy atom. The van der Waals surface area contributed by atoms with Gasteiger partial charge in [-0.2, -0.15) is 4.98 Å². The van der Waals surface area contributed by atoms with Gasteiger partial charge < -0.3 is 15.4 Å². The molecule has 1 aromatic heterocycles. The Bertz CT molecular complexity index is 1560. The van der Waals surface area contributed by atoms with Crippen LogP contribution in [0, 0.1) is 5.82 Å². The molecule has 5 rings (SSSR count). The minimum Gasteiger partial charge on any atom is -0.485 e. The molecule has 0 fully saturated rings. The lowest BCUT2D eigenvalue weighted by atomic mass is 10.1. The van der Waals surface area contributed by atoms with Crippen molar-refractivity contribution in [1.29, 1.82) is 0 Å². The molecule has 4 aromatic rings. The van der Waals surface area contributed by atoms with Crippen LogP contribution in [0.3, 0.4) is 0 Å². The van der Waals surface area contributed by atoms with Crippen LogP contribution in [0.2, 0.25) is 0 Å². The highest BCUT2D eigenvalue weighted by Crippen LogP contribution is 2.29. The van der Waals surface area contributed by atoms with Crippen molar-refractivity contribution in [2.45, 2.75) is 11.3 Å². The molecule has 4 bridgehead atoms. The fourth-order valence-corrected chi connectivity index (χ4v) is 4.96. The van der Waals surface area contributed by atoms with Crippen LogP contribution >= 0.6 is 0 Å². The maximum atomic E-state index is 13.1. The third kappa shape index (κ3) is 5.96. The van der Waals surface area contributed by atoms with Crippen LogP contribution in [-0.4, -0.2) is 43.9 Å². The Morgan fingerprint density at radius 1 is 1.00 bits per heavy atom. The number of ketones is 1. The van der Waals surface area contributed by atoms with Crippen LogP contribution in [-0.2, 0) is 10.0 Å². The number of carbonyl (C=O) groups excluding carboxylic acids is 1. The summed E-state index contributed by atoms with van der Waals surface area (Å²) in [4.78, 5) is 21.5. The number of aromatic nitrogens is 2. The second-order valence-electron chi connectivity index (χ2n) is 8.53. The van der Waals surface area contributed by atoms with E-state index in [-0.39, 0.29) is 23.8 Å². The highest BCUT2D eigenvalue weighted by Gasteiger charge is 2.16. The van der Waals surface area contributed by atoms with Gasteiger partial charge in [-0.3, -0.25) is 4.79 Å². The SMILES string of the molecule is O=C(COc1ccc(-c2cnc3nc2NCCCNS(=O)(=O)c2cccc(c2)N3)cc1)c1ccc(F)cc1. The van der Waals surface area contributed by atoms with Crippen molar-refractivity contribution < 1.29 is 22.3 Å². The minimum atomic E-state index is -3.63. The van der Waals surface area contributed by atoms with Crippen LogP contribution < -0.4 is 20.1 Å². The number of nitrogens with one attached hydrogen (secondary N) is 3. The van der Waals surface area contributed by atoms with Crippen molar-refractivity contribution >= 4 is 33.3 Å². The second-order valence-corrected chi connectivity index (χ2v) is 10.3. The van der Waals surface area contributed by atoms with Crippen molar-refractivity contribution in [3.63, 3.8) is 0 Å². The van der Waals surface area contributed by atoms with Crippen molar-refractivity contribution in [3.05, 3.63) is 90.4 Å². The first-order valence-electron chi connectivity index (χ1n) is 11.9. The second kappa shape index (κ2) is 11.0. The lowest BCUT2D eigenvalue weighted by molar-refractivity contribution is 0.0921. The van der Waals surface area contributed by atoms with Gasteiger partial charge in [0.2, 0.25) is 16.0 Å². The number of hydrogen-bond acceptors (Lipinski definition) is 8. The summed E-state index contributed by atoms with van der Waals surface area (Å²) in [6.07, 6.45) is 2.23. The summed E-state index contributed by atoms with van der Waals surface area (Å²) in [7, 11) is -3.63. The van der Waals surface area contributed by atoms with E-state index < -0.39 is 15.8 Å². The van der Waals surface area contributed by atoms with Gasteiger partial charge in [0, 0.05) is 36.1 Å². The van der Waals surface area contributed by atoms with Crippen LogP contribution in [0.5, 0.6) is 5.75 Å². The largest absolute Gasteiger partial charge is 0.485 e. The number of sulfonamides is 1. The van der Waals surface area contributed by atoms with Crippen LogP contribution in [0.15, 0.2) is 83.9 Å². The zero-order valence-electron chi connectivity index (χ0n) is 20.1. The van der Waals surface area contributed by atoms with Crippen molar-refractivity contribution in [2.75, 3.05) is 30.3 Å². The Kier molecular flexibility index (Phi) is 7.29. The van der Waals surface area contributed by atoms with E-state index in [1.165, 1.54) is 36.4 Å². The molecule has 3 N–H and O–H groups in total. The molecule has 0 spiro atoms. The number of benzene rings is 3. The first-order chi connectivity index (χ1) is 18.4. The summed E-state index contributed by atoms with van der Waals surface area (Å²) in [5.74, 6) is 0.743. The highest BCUT2D eigenvalue weighted by atomic mass is 32.2. The summed E-state index contributed by atoms with van der Waals surface area (Å²) in [6.45, 7) is 0.575. The zero-order chi connectivity index (χ0) is 26.5. The number of carbonyl (C=O) groups is 1. The standard InChI is InChI=1S/C27H24FN5O4S/c28-20-9-5-19(6-10-20)25(34)17-37-22-11-7-18(8-12-22)24-16-30-27-32-21-3-1-4-23(15-21)38(35,36)31-14-2-13-29-26(24)33-27/h1,3-12,15-16,31H,2,13-14,17H2,(H2,29,30,32,33). The summed E-state index contributed by atoms with van der Waals surface area (Å²) in [5, 5.41) is 6.34. The Hall–Kier alpha value is -4.35. The number of fused-ring (bicyclic) bond motifs is 4. The maximum Gasteiger partial charge on any atom is 0.240 e. The summed E-state index contributed by atoms with van der Waals surface area (Å²) < 4.78 is 46.4. The molecule has 194 valence electrons. The molecular weight excluding hydrogens is 509 g/mol. The number of nitrogens with zero attached hydrogens (tertiary/aromatic N) is 2. The fraction of sp³-hybridized carbons (Fsp3) is 0.148. The average molecular weight is 534 g/mol. The van der Waals surface area contributed by atoms with E-state index in [2.05, 4.69) is 25.3 Å². The number of halogens is 1. The molecule has 1 aliphatic heterocycles. The smallest absolute Gasteiger partial charge is 0.240 e. The van der Waals surface area contributed by atoms with E-state index in [0.717, 1.165) is 11.1 Å². The molecule has 0 saturated heterocycles. The van der Waals surface area contributed by atoms with E-state index in [0.29, 0.717) is 41.7 Å². The number of anilines is 3. The predicted octanol–water partition coefficient (Wildman–Crippen LogP) is 4.38. The first-order valence-corrected chi connectivity index (χ1v) is 13.4. The summed E-state index contributed by atoms with van der Waals surface area (Å²) in [6, 6.07) is 18.9. The summed E-state index contributed by atoms with van der Waals surface area (Å²) >= 11 is 0. The summed E-state index contributed by atoms with van der Waals surface area (Å²) in [5.41, 5.74) is 2.49. The normalized spacial score (nSPS) is 14.6. The molecule has 0 saturated carbocycles. The third-order valence-electron chi connectivity index (χ3n) is 5.83. The number of rotatable bonds is 5. The number of Topliss-reactive ketones (excluding diaryl/α,β-unsaturated/α-hetero) is 1. The Balaban J connectivity index is 1.33. The van der Waals surface area contributed by atoms with E-state index >= 15 is 0 Å². The topological polar surface area (TPSA) is 122 Å². The first kappa shape index (κ1) is 25.3. The van der Waals surface area contributed by atoms with E-state index in [1.807, 2.05) is 12.1 Å². The predicted molar refractivity (Wildman–Crippen MR) is 142 cm³/mol. The van der Waals surface area contributed by atoms with Gasteiger partial charge in [-0.1, -0.05) is 18.2 Å². The zero-order valence-corrected chi connectivity index (χ0v) is 21.0. The van der Waals surface area contributed by atoms with Gasteiger partial charge in [0.05, 0.1) is 4.90 Å². The highest BCUT2D eigenvalue weighted by molar-refractivity contribution is 7.89. The fourth-order valence-electron chi connectivity index (χ4n) is 3.84. The quantitative estimate of drug-likeness (QED) is 0.323. The van der Waals surface area contributed by atoms with Gasteiger partial charge in [0.15, 0.2) is 12.4 Å². The molecule has 0 unspecified atom stereocenters. The van der Waals surface area contributed by atoms with Crippen molar-refractivity contribution in [3.8, 4) is 16.9 Å². The van der Waals surface area contributed by atoms with Gasteiger partial charge >= 0.3 is 0 Å². The van der Waals surface area contributed by atoms with Crippen molar-refractivity contribution in [1.82, 2.24) is 14.7 Å². The van der Waals surface area contributed by atoms with Crippen molar-refractivity contribution in [2.24, 2.45) is 0 Å². The minimum absolute atomic E-state index is 0.160. The van der Waals surface area contributed by atoms with Crippen LogP contribution in [0.1, 0.15) is 16.8 Å². The van der Waals surface area contributed by atoms with Crippen LogP contribution in [0.4, 0.5) is 21.8 Å². The molecule has 38 heavy (non-hydrogen) atoms. The molecule has 0 amide bonds. The molecule has 3 aromatic carbocycles. The molecule has 0 aliphatic carbocycles. The van der Waals surface area contributed by atoms with Gasteiger partial charge in [0.1, 0.15) is 17.4 Å². The Morgan fingerprint density at radius 3 is 2.58 bits per heavy atom. The van der Waals surface area contributed by atoms with E-state index in [1.54, 1.807) is 30.5 Å². The molecule has 9 nitrogen and oxygen atoms in total. The number of hydrogen-bond donors (Lipinski definition) is 3. The molecule has 2 heterocycles. The third-order valence-corrected chi connectivity index (χ3v) is 7.29. The maximum absolute atomic E-state index is 13.1. The van der Waals surface area contributed by atoms with E-state index in [4.69, 9.17) is 4.74 Å². The van der Waals surface area contributed by atoms with Gasteiger partial charge in [-0.05, 0) is 66.6 Å². The molecule has 0 atom stereocenters. The van der Waals surface area contributed by atoms with Crippen LogP contribution in [0.25, 0.3) is 11.1 Å². The lowest BCUT2D eigenvalue weighted by Gasteiger charge is -2.13. The van der Waals surface area contributed by atoms with Gasteiger partial charge in [-0.25, -0.2) is 22.5 Å². The number of ether oxygens (including phenoxy) is 1. The lowest BCUT2D eigenvalue weighted by Crippen LogP contribution is -2.26. The van der Waals surface area contributed by atoms with Gasteiger partial charge in [-0.15, -0.1) is 0 Å². The Labute approximate surface area is 219 Å². The monoisotopic (exact) mass is 533 g/mol. The van der Waals surface area contributed by atoms with Gasteiger partial charge in [0.25, 0.3) is 0 Å². The molecule has 11 heteroatoms. The molecular formula is C27H24FN5O4S. The van der Waals surface area contributed by atoms with E-state index in [9.17, 15) is 17.6 Å². The molecule has 0 radical (unpaired) electrons. The molecule has 1 aliphatic rings. The average Bonchev–Trinajstić information content (AvgIpc) is 2.92.